The topological polar surface area (TPSA) is 90.0 Å². The van der Waals surface area contributed by atoms with Gasteiger partial charge in [-0.15, -0.1) is 0 Å². The van der Waals surface area contributed by atoms with Crippen LogP contribution in [0.15, 0.2) is 42.5 Å². The number of fused-ring (bicyclic) bond motifs is 3. The van der Waals surface area contributed by atoms with Crippen LogP contribution in [0.3, 0.4) is 0 Å². The van der Waals surface area contributed by atoms with Gasteiger partial charge in [0.1, 0.15) is 12.2 Å². The molecule has 5 rings (SSSR count). The van der Waals surface area contributed by atoms with Crippen molar-refractivity contribution in [2.24, 2.45) is 0 Å². The summed E-state index contributed by atoms with van der Waals surface area (Å²) in [5, 5.41) is 3.15. The number of hydrogen-bond donors (Lipinski definition) is 1. The fourth-order valence-electron chi connectivity index (χ4n) is 4.99. The van der Waals surface area contributed by atoms with Gasteiger partial charge in [0.2, 0.25) is 17.7 Å². The summed E-state index contributed by atoms with van der Waals surface area (Å²) in [5.41, 5.74) is 1.17. The van der Waals surface area contributed by atoms with E-state index in [0.29, 0.717) is 53.5 Å². The molecule has 3 heterocycles. The van der Waals surface area contributed by atoms with E-state index in [1.165, 1.54) is 4.90 Å². The highest BCUT2D eigenvalue weighted by atomic mass is 35.5. The molecular weight excluding hydrogens is 444 g/mol. The molecule has 3 aliphatic rings. The number of nitrogens with zero attached hydrogens (tertiary/aromatic N) is 3. The Hall–Kier alpha value is -3.39. The van der Waals surface area contributed by atoms with Gasteiger partial charge in [-0.25, -0.2) is 0 Å². The van der Waals surface area contributed by atoms with Crippen molar-refractivity contribution in [1.29, 1.82) is 0 Å². The van der Waals surface area contributed by atoms with Gasteiger partial charge < -0.3 is 15.1 Å². The molecule has 9 heteroatoms. The molecule has 3 aliphatic heterocycles. The van der Waals surface area contributed by atoms with Gasteiger partial charge in [-0.1, -0.05) is 23.7 Å². The molecule has 1 unspecified atom stereocenters. The molecule has 2 aromatic rings. The maximum absolute atomic E-state index is 13.3. The second kappa shape index (κ2) is 7.88. The van der Waals surface area contributed by atoms with Gasteiger partial charge in [-0.3, -0.25) is 24.1 Å². The van der Waals surface area contributed by atoms with Crippen LogP contribution >= 0.6 is 11.6 Å². The summed E-state index contributed by atoms with van der Waals surface area (Å²) >= 11 is 6.39. The molecule has 2 aromatic carbocycles. The Balaban J connectivity index is 1.37. The summed E-state index contributed by atoms with van der Waals surface area (Å²) in [6.45, 7) is 2.23. The summed E-state index contributed by atoms with van der Waals surface area (Å²) in [6.07, 6.45) is 2.05. The molecule has 0 aliphatic carbocycles. The van der Waals surface area contributed by atoms with Crippen molar-refractivity contribution in [1.82, 2.24) is 4.90 Å². The van der Waals surface area contributed by atoms with Crippen LogP contribution in [0.4, 0.5) is 17.1 Å². The highest BCUT2D eigenvalue weighted by Crippen LogP contribution is 2.43. The van der Waals surface area contributed by atoms with E-state index in [2.05, 4.69) is 5.32 Å². The first kappa shape index (κ1) is 21.5. The maximum atomic E-state index is 13.3. The Kier molecular flexibility index (Phi) is 5.12. The SMILES string of the molecule is CC12CCC(=O)N1c1ccccc1C(=O)N2CC(=O)Nc1ccc(N2CCCC2=O)c(Cl)c1. The fourth-order valence-corrected chi connectivity index (χ4v) is 5.27. The number of amides is 4. The second-order valence-corrected chi connectivity index (χ2v) is 9.13. The molecule has 1 atom stereocenters. The molecule has 2 fully saturated rings. The van der Waals surface area contributed by atoms with Crippen molar-refractivity contribution in [2.45, 2.75) is 38.3 Å². The first-order chi connectivity index (χ1) is 15.8. The van der Waals surface area contributed by atoms with Crippen LogP contribution in [-0.2, 0) is 14.4 Å². The minimum absolute atomic E-state index is 0.0292. The lowest BCUT2D eigenvalue weighted by atomic mass is 9.98. The van der Waals surface area contributed by atoms with Crippen molar-refractivity contribution >= 4 is 52.3 Å². The van der Waals surface area contributed by atoms with Crippen molar-refractivity contribution < 1.29 is 19.2 Å². The van der Waals surface area contributed by atoms with Crippen LogP contribution < -0.4 is 15.1 Å². The lowest BCUT2D eigenvalue weighted by Gasteiger charge is -2.48. The molecule has 1 N–H and O–H groups in total. The number of carbonyl (C=O) groups is 4. The summed E-state index contributed by atoms with van der Waals surface area (Å²) in [5.74, 6) is -0.720. The average Bonchev–Trinajstić information content (AvgIpc) is 3.34. The lowest BCUT2D eigenvalue weighted by molar-refractivity contribution is -0.120. The first-order valence-corrected chi connectivity index (χ1v) is 11.3. The van der Waals surface area contributed by atoms with E-state index < -0.39 is 11.6 Å². The van der Waals surface area contributed by atoms with Gasteiger partial charge in [-0.05, 0) is 50.1 Å². The second-order valence-electron chi connectivity index (χ2n) is 8.72. The third-order valence-corrected chi connectivity index (χ3v) is 6.95. The summed E-state index contributed by atoms with van der Waals surface area (Å²) in [6, 6.07) is 12.0. The Morgan fingerprint density at radius 2 is 1.85 bits per heavy atom. The quantitative estimate of drug-likeness (QED) is 0.747. The maximum Gasteiger partial charge on any atom is 0.258 e. The summed E-state index contributed by atoms with van der Waals surface area (Å²) < 4.78 is 0. The van der Waals surface area contributed by atoms with E-state index in [0.717, 1.165) is 6.42 Å². The molecule has 0 bridgehead atoms. The zero-order valence-corrected chi connectivity index (χ0v) is 18.9. The van der Waals surface area contributed by atoms with Crippen LogP contribution in [0.5, 0.6) is 0 Å². The van der Waals surface area contributed by atoms with E-state index in [-0.39, 0.29) is 24.3 Å². The standard InChI is InChI=1S/C24H23ClN4O4/c1-24-11-10-22(32)29(24)18-6-3-2-5-16(18)23(33)28(24)14-20(30)26-15-8-9-19(17(25)13-15)27-12-4-7-21(27)31/h2-3,5-6,8-9,13H,4,7,10-12,14H2,1H3,(H,26,30). The van der Waals surface area contributed by atoms with Crippen LogP contribution in [0.2, 0.25) is 5.02 Å². The van der Waals surface area contributed by atoms with Gasteiger partial charge >= 0.3 is 0 Å². The summed E-state index contributed by atoms with van der Waals surface area (Å²) in [7, 11) is 0. The largest absolute Gasteiger partial charge is 0.324 e. The minimum Gasteiger partial charge on any atom is -0.324 e. The zero-order valence-electron chi connectivity index (χ0n) is 18.1. The molecule has 0 aromatic heterocycles. The van der Waals surface area contributed by atoms with Crippen molar-refractivity contribution in [3.05, 3.63) is 53.1 Å². The number of hydrogen-bond acceptors (Lipinski definition) is 4. The van der Waals surface area contributed by atoms with Crippen LogP contribution in [0.25, 0.3) is 0 Å². The Bertz CT molecular complexity index is 1200. The number of benzene rings is 2. The van der Waals surface area contributed by atoms with Crippen LogP contribution in [0, 0.1) is 0 Å². The fraction of sp³-hybridized carbons (Fsp3) is 0.333. The minimum atomic E-state index is -0.905. The number of nitrogens with one attached hydrogen (secondary N) is 1. The highest BCUT2D eigenvalue weighted by molar-refractivity contribution is 6.34. The number of para-hydroxylation sites is 1. The van der Waals surface area contributed by atoms with E-state index in [4.69, 9.17) is 11.6 Å². The van der Waals surface area contributed by atoms with Gasteiger partial charge in [-0.2, -0.15) is 0 Å². The van der Waals surface area contributed by atoms with E-state index in [1.807, 2.05) is 6.92 Å². The highest BCUT2D eigenvalue weighted by Gasteiger charge is 2.53. The Morgan fingerprint density at radius 3 is 2.58 bits per heavy atom. The van der Waals surface area contributed by atoms with Gasteiger partial charge in [0.05, 0.1) is 22.0 Å². The average molecular weight is 467 g/mol. The zero-order chi connectivity index (χ0) is 23.3. The molecule has 0 radical (unpaired) electrons. The normalized spacial score (nSPS) is 22.0. The summed E-state index contributed by atoms with van der Waals surface area (Å²) in [4.78, 5) is 55.6. The third-order valence-electron chi connectivity index (χ3n) is 6.64. The lowest BCUT2D eigenvalue weighted by Crippen LogP contribution is -2.63. The van der Waals surface area contributed by atoms with E-state index >= 15 is 0 Å². The molecule has 170 valence electrons. The molecular formula is C24H23ClN4O4. The van der Waals surface area contributed by atoms with Gasteiger partial charge in [0.25, 0.3) is 5.91 Å². The number of carbonyl (C=O) groups excluding carboxylic acids is 4. The Labute approximate surface area is 196 Å². The van der Waals surface area contributed by atoms with Crippen molar-refractivity contribution in [2.75, 3.05) is 28.2 Å². The predicted octanol–water partition coefficient (Wildman–Crippen LogP) is 3.40. The number of rotatable bonds is 4. The van der Waals surface area contributed by atoms with Crippen LogP contribution in [-0.4, -0.2) is 47.3 Å². The van der Waals surface area contributed by atoms with Gasteiger partial charge in [0.15, 0.2) is 0 Å². The Morgan fingerprint density at radius 1 is 1.06 bits per heavy atom. The predicted molar refractivity (Wildman–Crippen MR) is 124 cm³/mol. The van der Waals surface area contributed by atoms with Gasteiger partial charge in [0, 0.05) is 25.1 Å². The monoisotopic (exact) mass is 466 g/mol. The smallest absolute Gasteiger partial charge is 0.258 e. The third kappa shape index (κ3) is 3.45. The molecule has 2 saturated heterocycles. The molecule has 0 saturated carbocycles. The number of halogens is 1. The molecule has 33 heavy (non-hydrogen) atoms. The molecule has 8 nitrogen and oxygen atoms in total. The van der Waals surface area contributed by atoms with Crippen molar-refractivity contribution in [3.8, 4) is 0 Å². The van der Waals surface area contributed by atoms with Crippen molar-refractivity contribution in [3.63, 3.8) is 0 Å². The molecule has 0 spiro atoms. The van der Waals surface area contributed by atoms with Crippen LogP contribution in [0.1, 0.15) is 43.0 Å². The van der Waals surface area contributed by atoms with E-state index in [9.17, 15) is 19.2 Å². The molecule has 4 amide bonds. The van der Waals surface area contributed by atoms with E-state index in [1.54, 1.807) is 52.3 Å². The first-order valence-electron chi connectivity index (χ1n) is 10.9. The number of anilines is 3.